The average molecular weight is 464 g/mol. The molecule has 1 fully saturated rings. The largest absolute Gasteiger partial charge is 0.497 e. The van der Waals surface area contributed by atoms with E-state index in [2.05, 4.69) is 15.1 Å². The van der Waals surface area contributed by atoms with Crippen LogP contribution < -0.4 is 9.64 Å². The molecule has 0 atom stereocenters. The highest BCUT2D eigenvalue weighted by Crippen LogP contribution is 2.22. The fourth-order valence-corrected chi connectivity index (χ4v) is 3.95. The van der Waals surface area contributed by atoms with Crippen LogP contribution in [0, 0.1) is 0 Å². The molecule has 0 saturated carbocycles. The Hall–Kier alpha value is -3.88. The molecule has 0 spiro atoms. The van der Waals surface area contributed by atoms with Gasteiger partial charge < -0.3 is 23.9 Å². The number of benzene rings is 1. The molecule has 1 aliphatic rings. The van der Waals surface area contributed by atoms with Crippen molar-refractivity contribution in [1.29, 1.82) is 0 Å². The summed E-state index contributed by atoms with van der Waals surface area (Å²) in [7, 11) is 1.64. The highest BCUT2D eigenvalue weighted by atomic mass is 16.5. The van der Waals surface area contributed by atoms with Crippen molar-refractivity contribution < 1.29 is 18.7 Å². The van der Waals surface area contributed by atoms with Crippen molar-refractivity contribution in [2.45, 2.75) is 13.3 Å². The van der Waals surface area contributed by atoms with Gasteiger partial charge in [0.05, 0.1) is 19.1 Å². The second-order valence-corrected chi connectivity index (χ2v) is 8.02. The highest BCUT2D eigenvalue weighted by molar-refractivity contribution is 5.94. The van der Waals surface area contributed by atoms with Gasteiger partial charge in [0.2, 0.25) is 5.91 Å². The maximum absolute atomic E-state index is 12.9. The van der Waals surface area contributed by atoms with E-state index in [0.29, 0.717) is 26.2 Å². The van der Waals surface area contributed by atoms with E-state index >= 15 is 0 Å². The molecule has 2 amide bonds. The summed E-state index contributed by atoms with van der Waals surface area (Å²) in [6.07, 6.45) is 2.27. The second-order valence-electron chi connectivity index (χ2n) is 8.02. The molecular weight excluding hydrogens is 434 g/mol. The van der Waals surface area contributed by atoms with Crippen LogP contribution in [-0.2, 0) is 4.79 Å². The van der Waals surface area contributed by atoms with Crippen LogP contribution in [0.2, 0.25) is 0 Å². The van der Waals surface area contributed by atoms with Crippen LogP contribution in [0.1, 0.15) is 23.9 Å². The number of likely N-dealkylation sites (N-methyl/N-ethyl adjacent to an activating group) is 1. The molecule has 178 valence electrons. The van der Waals surface area contributed by atoms with Crippen molar-refractivity contribution in [3.8, 4) is 17.0 Å². The third-order valence-corrected chi connectivity index (χ3v) is 5.94. The van der Waals surface area contributed by atoms with Crippen molar-refractivity contribution in [3.63, 3.8) is 0 Å². The zero-order valence-corrected chi connectivity index (χ0v) is 19.5. The molecular formula is C25H29N5O4. The summed E-state index contributed by atoms with van der Waals surface area (Å²) in [6, 6.07) is 14.9. The van der Waals surface area contributed by atoms with Crippen LogP contribution in [0.25, 0.3) is 11.3 Å². The third kappa shape index (κ3) is 5.36. The molecule has 0 bridgehead atoms. The maximum Gasteiger partial charge on any atom is 0.290 e. The van der Waals surface area contributed by atoms with Crippen LogP contribution >= 0.6 is 0 Å². The zero-order chi connectivity index (χ0) is 23.9. The topological polar surface area (TPSA) is 92.0 Å². The van der Waals surface area contributed by atoms with E-state index in [9.17, 15) is 9.59 Å². The molecule has 4 rings (SSSR count). The smallest absolute Gasteiger partial charge is 0.290 e. The number of furan rings is 1. The molecule has 1 saturated heterocycles. The Labute approximate surface area is 198 Å². The second kappa shape index (κ2) is 10.8. The number of carbonyl (C=O) groups is 2. The van der Waals surface area contributed by atoms with Crippen LogP contribution in [0.5, 0.6) is 5.75 Å². The molecule has 3 aromatic rings. The van der Waals surface area contributed by atoms with Crippen LogP contribution in [-0.4, -0.2) is 78.2 Å². The Morgan fingerprint density at radius 2 is 1.85 bits per heavy atom. The monoisotopic (exact) mass is 463 g/mol. The number of aromatic nitrogens is 2. The minimum atomic E-state index is -0.274. The molecule has 0 unspecified atom stereocenters. The lowest BCUT2D eigenvalue weighted by atomic mass is 10.1. The standard InChI is InChI=1S/C25H29N5O4/c1-3-28(25(32)22-6-4-17-34-22)18-24(31)30-14-5-13-29(15-16-30)23-12-11-21(26-27-23)19-7-9-20(33-2)10-8-19/h4,6-12,17H,3,5,13-16,18H2,1-2H3. The summed E-state index contributed by atoms with van der Waals surface area (Å²) >= 11 is 0. The predicted molar refractivity (Wildman–Crippen MR) is 128 cm³/mol. The molecule has 1 aromatic carbocycles. The van der Waals surface area contributed by atoms with Crippen molar-refractivity contribution in [1.82, 2.24) is 20.0 Å². The molecule has 0 N–H and O–H groups in total. The van der Waals surface area contributed by atoms with Crippen molar-refractivity contribution in [2.24, 2.45) is 0 Å². The van der Waals surface area contributed by atoms with Gasteiger partial charge in [-0.3, -0.25) is 9.59 Å². The third-order valence-electron chi connectivity index (χ3n) is 5.94. The average Bonchev–Trinajstić information content (AvgIpc) is 3.31. The first-order chi connectivity index (χ1) is 16.6. The van der Waals surface area contributed by atoms with E-state index < -0.39 is 0 Å². The zero-order valence-electron chi connectivity index (χ0n) is 19.5. The Morgan fingerprint density at radius 1 is 1.03 bits per heavy atom. The van der Waals surface area contributed by atoms with Gasteiger partial charge in [-0.05, 0) is 61.9 Å². The van der Waals surface area contributed by atoms with Crippen molar-refractivity contribution in [3.05, 3.63) is 60.6 Å². The van der Waals surface area contributed by atoms with Gasteiger partial charge in [-0.1, -0.05) is 0 Å². The number of carbonyl (C=O) groups excluding carboxylic acids is 2. The fraction of sp³-hybridized carbons (Fsp3) is 0.360. The normalized spacial score (nSPS) is 13.9. The van der Waals surface area contributed by atoms with Crippen molar-refractivity contribution >= 4 is 17.6 Å². The highest BCUT2D eigenvalue weighted by Gasteiger charge is 2.25. The number of amides is 2. The molecule has 2 aromatic heterocycles. The number of methoxy groups -OCH3 is 1. The van der Waals surface area contributed by atoms with E-state index in [1.165, 1.54) is 11.2 Å². The summed E-state index contributed by atoms with van der Waals surface area (Å²) < 4.78 is 10.4. The lowest BCUT2D eigenvalue weighted by Gasteiger charge is -2.26. The molecule has 9 heteroatoms. The van der Waals surface area contributed by atoms with Gasteiger partial charge in [-0.25, -0.2) is 0 Å². The molecule has 0 aliphatic carbocycles. The lowest BCUT2D eigenvalue weighted by molar-refractivity contribution is -0.131. The molecule has 9 nitrogen and oxygen atoms in total. The van der Waals surface area contributed by atoms with Gasteiger partial charge in [0.25, 0.3) is 5.91 Å². The summed E-state index contributed by atoms with van der Waals surface area (Å²) in [5.41, 5.74) is 1.76. The molecule has 34 heavy (non-hydrogen) atoms. The van der Waals surface area contributed by atoms with E-state index in [4.69, 9.17) is 9.15 Å². The van der Waals surface area contributed by atoms with Crippen LogP contribution in [0.15, 0.2) is 59.2 Å². The van der Waals surface area contributed by atoms with Gasteiger partial charge in [-0.15, -0.1) is 10.2 Å². The van der Waals surface area contributed by atoms with E-state index in [0.717, 1.165) is 35.8 Å². The summed E-state index contributed by atoms with van der Waals surface area (Å²) in [4.78, 5) is 31.0. The summed E-state index contributed by atoms with van der Waals surface area (Å²) in [5.74, 6) is 1.49. The van der Waals surface area contributed by atoms with E-state index in [1.54, 1.807) is 19.2 Å². The van der Waals surface area contributed by atoms with Gasteiger partial charge in [0.1, 0.15) is 12.3 Å². The Kier molecular flexibility index (Phi) is 7.41. The summed E-state index contributed by atoms with van der Waals surface area (Å²) in [5, 5.41) is 8.82. The molecule has 3 heterocycles. The van der Waals surface area contributed by atoms with Gasteiger partial charge >= 0.3 is 0 Å². The predicted octanol–water partition coefficient (Wildman–Crippen LogP) is 2.95. The van der Waals surface area contributed by atoms with E-state index in [1.807, 2.05) is 48.2 Å². The molecule has 0 radical (unpaired) electrons. The number of hydrogen-bond donors (Lipinski definition) is 0. The lowest BCUT2D eigenvalue weighted by Crippen LogP contribution is -2.44. The SMILES string of the molecule is CCN(CC(=O)N1CCCN(c2ccc(-c3ccc(OC)cc3)nn2)CC1)C(=O)c1ccco1. The number of anilines is 1. The molecule has 1 aliphatic heterocycles. The Balaban J connectivity index is 1.35. The van der Waals surface area contributed by atoms with Gasteiger partial charge in [0, 0.05) is 38.3 Å². The first-order valence-corrected chi connectivity index (χ1v) is 11.4. The summed E-state index contributed by atoms with van der Waals surface area (Å²) in [6.45, 7) is 4.95. The Morgan fingerprint density at radius 3 is 2.50 bits per heavy atom. The number of nitrogens with zero attached hydrogens (tertiary/aromatic N) is 5. The maximum atomic E-state index is 12.9. The first-order valence-electron chi connectivity index (χ1n) is 11.4. The number of hydrogen-bond acceptors (Lipinski definition) is 7. The number of rotatable bonds is 7. The van der Waals surface area contributed by atoms with Gasteiger partial charge in [-0.2, -0.15) is 0 Å². The van der Waals surface area contributed by atoms with E-state index in [-0.39, 0.29) is 24.1 Å². The minimum Gasteiger partial charge on any atom is -0.497 e. The first kappa shape index (κ1) is 23.3. The van der Waals surface area contributed by atoms with Crippen LogP contribution in [0.3, 0.4) is 0 Å². The minimum absolute atomic E-state index is 0.0341. The number of ether oxygens (including phenoxy) is 1. The van der Waals surface area contributed by atoms with Crippen molar-refractivity contribution in [2.75, 3.05) is 51.3 Å². The Bertz CT molecular complexity index is 1080. The van der Waals surface area contributed by atoms with Crippen LogP contribution in [0.4, 0.5) is 5.82 Å². The quantitative estimate of drug-likeness (QED) is 0.532. The van der Waals surface area contributed by atoms with Gasteiger partial charge in [0.15, 0.2) is 11.6 Å². The fourth-order valence-electron chi connectivity index (χ4n) is 3.95.